The molecular formula is C21H31NO6. The van der Waals surface area contributed by atoms with Gasteiger partial charge in [-0.2, -0.15) is 0 Å². The van der Waals surface area contributed by atoms with E-state index in [2.05, 4.69) is 5.32 Å². The van der Waals surface area contributed by atoms with Gasteiger partial charge >= 0.3 is 5.97 Å². The molecule has 156 valence electrons. The molecule has 0 bridgehead atoms. The van der Waals surface area contributed by atoms with E-state index in [1.54, 1.807) is 20.3 Å². The summed E-state index contributed by atoms with van der Waals surface area (Å²) in [7, 11) is 4.64. The molecule has 0 aliphatic heterocycles. The first kappa shape index (κ1) is 21.9. The molecule has 0 radical (unpaired) electrons. The summed E-state index contributed by atoms with van der Waals surface area (Å²) in [5, 5.41) is 12.5. The third-order valence-corrected chi connectivity index (χ3v) is 5.34. The predicted octanol–water partition coefficient (Wildman–Crippen LogP) is 3.18. The average molecular weight is 393 g/mol. The zero-order valence-corrected chi connectivity index (χ0v) is 17.0. The van der Waals surface area contributed by atoms with Crippen LogP contribution >= 0.6 is 0 Å². The van der Waals surface area contributed by atoms with Gasteiger partial charge in [0.25, 0.3) is 0 Å². The first-order valence-corrected chi connectivity index (χ1v) is 9.81. The van der Waals surface area contributed by atoms with Crippen LogP contribution in [0, 0.1) is 5.92 Å². The summed E-state index contributed by atoms with van der Waals surface area (Å²) in [5.74, 6) is 0.117. The Morgan fingerprint density at radius 3 is 2.29 bits per heavy atom. The van der Waals surface area contributed by atoms with E-state index < -0.39 is 11.9 Å². The van der Waals surface area contributed by atoms with E-state index in [0.29, 0.717) is 36.5 Å². The number of aliphatic carboxylic acids is 1. The third-order valence-electron chi connectivity index (χ3n) is 5.34. The van der Waals surface area contributed by atoms with Gasteiger partial charge in [-0.3, -0.25) is 9.59 Å². The van der Waals surface area contributed by atoms with E-state index in [-0.39, 0.29) is 18.4 Å². The van der Waals surface area contributed by atoms with Crippen LogP contribution in [0.5, 0.6) is 17.2 Å². The fourth-order valence-electron chi connectivity index (χ4n) is 3.84. The lowest BCUT2D eigenvalue weighted by atomic mass is 9.86. The molecule has 7 heteroatoms. The van der Waals surface area contributed by atoms with Gasteiger partial charge in [0.2, 0.25) is 11.7 Å². The molecule has 1 fully saturated rings. The van der Waals surface area contributed by atoms with Crippen molar-refractivity contribution in [3.63, 3.8) is 0 Å². The van der Waals surface area contributed by atoms with Crippen molar-refractivity contribution in [3.8, 4) is 17.2 Å². The SMILES string of the molecule is COc1ccc(CCC(=O)NC2CCCCCCC2C(=O)O)c(OC)c1OC. The number of aryl methyl sites for hydroxylation is 1. The summed E-state index contributed by atoms with van der Waals surface area (Å²) in [6, 6.07) is 3.32. The van der Waals surface area contributed by atoms with Gasteiger partial charge in [-0.25, -0.2) is 0 Å². The van der Waals surface area contributed by atoms with E-state index in [0.717, 1.165) is 31.2 Å². The molecule has 1 aliphatic carbocycles. The Morgan fingerprint density at radius 2 is 1.68 bits per heavy atom. The quantitative estimate of drug-likeness (QED) is 0.704. The van der Waals surface area contributed by atoms with Crippen molar-refractivity contribution >= 4 is 11.9 Å². The maximum atomic E-state index is 12.5. The van der Waals surface area contributed by atoms with Crippen LogP contribution in [0.25, 0.3) is 0 Å². The summed E-state index contributed by atoms with van der Waals surface area (Å²) in [5.41, 5.74) is 0.836. The predicted molar refractivity (Wildman–Crippen MR) is 105 cm³/mol. The van der Waals surface area contributed by atoms with Crippen LogP contribution in [0.2, 0.25) is 0 Å². The Hall–Kier alpha value is -2.44. The molecule has 1 amide bonds. The summed E-state index contributed by atoms with van der Waals surface area (Å²) >= 11 is 0. The molecule has 0 saturated heterocycles. The lowest BCUT2D eigenvalue weighted by Crippen LogP contribution is -2.44. The third kappa shape index (κ3) is 5.53. The van der Waals surface area contributed by atoms with Gasteiger partial charge in [-0.15, -0.1) is 0 Å². The van der Waals surface area contributed by atoms with Crippen molar-refractivity contribution in [2.75, 3.05) is 21.3 Å². The number of methoxy groups -OCH3 is 3. The van der Waals surface area contributed by atoms with Crippen LogP contribution < -0.4 is 19.5 Å². The number of amides is 1. The van der Waals surface area contributed by atoms with Crippen molar-refractivity contribution in [2.24, 2.45) is 5.92 Å². The monoisotopic (exact) mass is 393 g/mol. The van der Waals surface area contributed by atoms with Crippen LogP contribution in [-0.2, 0) is 16.0 Å². The molecule has 0 spiro atoms. The number of rotatable bonds is 8. The summed E-state index contributed by atoms with van der Waals surface area (Å²) < 4.78 is 16.1. The highest BCUT2D eigenvalue weighted by atomic mass is 16.5. The Kier molecular flexibility index (Phi) is 8.42. The summed E-state index contributed by atoms with van der Waals surface area (Å²) in [4.78, 5) is 24.1. The fraction of sp³-hybridized carbons (Fsp3) is 0.619. The summed E-state index contributed by atoms with van der Waals surface area (Å²) in [6.45, 7) is 0. The zero-order chi connectivity index (χ0) is 20.5. The maximum Gasteiger partial charge on any atom is 0.308 e. The number of carboxylic acids is 1. The van der Waals surface area contributed by atoms with Crippen molar-refractivity contribution < 1.29 is 28.9 Å². The number of benzene rings is 1. The zero-order valence-electron chi connectivity index (χ0n) is 17.0. The van der Waals surface area contributed by atoms with Crippen molar-refractivity contribution in [2.45, 2.75) is 57.4 Å². The minimum Gasteiger partial charge on any atom is -0.493 e. The van der Waals surface area contributed by atoms with Crippen LogP contribution in [0.4, 0.5) is 0 Å². The smallest absolute Gasteiger partial charge is 0.308 e. The van der Waals surface area contributed by atoms with Crippen molar-refractivity contribution in [1.82, 2.24) is 5.32 Å². The second-order valence-electron chi connectivity index (χ2n) is 7.10. The normalized spacial score (nSPS) is 19.8. The van der Waals surface area contributed by atoms with E-state index in [4.69, 9.17) is 14.2 Å². The first-order valence-electron chi connectivity index (χ1n) is 9.81. The molecule has 1 aromatic carbocycles. The summed E-state index contributed by atoms with van der Waals surface area (Å²) in [6.07, 6.45) is 6.01. The van der Waals surface area contributed by atoms with Crippen LogP contribution in [0.15, 0.2) is 12.1 Å². The number of ether oxygens (including phenoxy) is 3. The Labute approximate surface area is 166 Å². The maximum absolute atomic E-state index is 12.5. The molecule has 1 saturated carbocycles. The Morgan fingerprint density at radius 1 is 1.00 bits per heavy atom. The van der Waals surface area contributed by atoms with Gasteiger partial charge in [0.05, 0.1) is 27.2 Å². The van der Waals surface area contributed by atoms with Gasteiger partial charge in [-0.05, 0) is 30.9 Å². The minimum atomic E-state index is -0.825. The van der Waals surface area contributed by atoms with E-state index in [9.17, 15) is 14.7 Å². The molecule has 2 N–H and O–H groups in total. The number of carbonyl (C=O) groups excluding carboxylic acids is 1. The van der Waals surface area contributed by atoms with Gasteiger partial charge < -0.3 is 24.6 Å². The lowest BCUT2D eigenvalue weighted by molar-refractivity contribution is -0.143. The number of hydrogen-bond acceptors (Lipinski definition) is 5. The Bertz CT molecular complexity index is 675. The van der Waals surface area contributed by atoms with Crippen LogP contribution in [0.3, 0.4) is 0 Å². The molecule has 1 aromatic rings. The van der Waals surface area contributed by atoms with Gasteiger partial charge in [0.15, 0.2) is 11.5 Å². The number of carboxylic acid groups (broad SMARTS) is 1. The molecule has 0 heterocycles. The number of carbonyl (C=O) groups is 2. The molecule has 7 nitrogen and oxygen atoms in total. The van der Waals surface area contributed by atoms with Crippen molar-refractivity contribution in [3.05, 3.63) is 17.7 Å². The average Bonchev–Trinajstić information content (AvgIpc) is 2.67. The van der Waals surface area contributed by atoms with Crippen LogP contribution in [-0.4, -0.2) is 44.4 Å². The van der Waals surface area contributed by atoms with E-state index in [1.807, 2.05) is 6.07 Å². The highest BCUT2D eigenvalue weighted by molar-refractivity contribution is 5.78. The molecular weight excluding hydrogens is 362 g/mol. The van der Waals surface area contributed by atoms with Gasteiger partial charge in [0, 0.05) is 12.5 Å². The van der Waals surface area contributed by atoms with Gasteiger partial charge in [0.1, 0.15) is 0 Å². The van der Waals surface area contributed by atoms with Crippen molar-refractivity contribution in [1.29, 1.82) is 0 Å². The molecule has 2 unspecified atom stereocenters. The second-order valence-corrected chi connectivity index (χ2v) is 7.10. The minimum absolute atomic E-state index is 0.145. The highest BCUT2D eigenvalue weighted by Crippen LogP contribution is 2.40. The van der Waals surface area contributed by atoms with E-state index >= 15 is 0 Å². The lowest BCUT2D eigenvalue weighted by Gasteiger charge is -2.27. The molecule has 2 atom stereocenters. The van der Waals surface area contributed by atoms with Crippen LogP contribution in [0.1, 0.15) is 50.5 Å². The standard InChI is InChI=1S/C21H31NO6/c1-26-17-12-10-14(19(27-2)20(17)28-3)11-13-18(23)22-16-9-7-5-4-6-8-15(16)21(24)25/h10,12,15-16H,4-9,11,13H2,1-3H3,(H,22,23)(H,24,25). The number of nitrogens with one attached hydrogen (secondary N) is 1. The van der Waals surface area contributed by atoms with E-state index in [1.165, 1.54) is 7.11 Å². The molecule has 28 heavy (non-hydrogen) atoms. The highest BCUT2D eigenvalue weighted by Gasteiger charge is 2.29. The Balaban J connectivity index is 2.04. The largest absolute Gasteiger partial charge is 0.493 e. The second kappa shape index (κ2) is 10.8. The fourth-order valence-corrected chi connectivity index (χ4v) is 3.84. The molecule has 2 rings (SSSR count). The topological polar surface area (TPSA) is 94.1 Å². The molecule has 1 aliphatic rings. The molecule has 0 aromatic heterocycles. The number of hydrogen-bond donors (Lipinski definition) is 2. The van der Waals surface area contributed by atoms with Gasteiger partial charge in [-0.1, -0.05) is 31.7 Å². The first-order chi connectivity index (χ1) is 13.5.